The minimum absolute atomic E-state index is 0.233. The zero-order chi connectivity index (χ0) is 13.9. The number of nitrogens with zero attached hydrogens (tertiary/aromatic N) is 2. The van der Waals surface area contributed by atoms with Gasteiger partial charge in [-0.15, -0.1) is 0 Å². The Bertz CT molecular complexity index is 577. The number of rotatable bonds is 4. The van der Waals surface area contributed by atoms with Gasteiger partial charge in [0.25, 0.3) is 0 Å². The van der Waals surface area contributed by atoms with Gasteiger partial charge in [-0.3, -0.25) is 4.98 Å². The van der Waals surface area contributed by atoms with Crippen molar-refractivity contribution in [3.63, 3.8) is 0 Å². The van der Waals surface area contributed by atoms with Gasteiger partial charge in [0.2, 0.25) is 5.88 Å². The van der Waals surface area contributed by atoms with Crippen LogP contribution < -0.4 is 4.74 Å². The van der Waals surface area contributed by atoms with Crippen molar-refractivity contribution in [2.24, 2.45) is 0 Å². The van der Waals surface area contributed by atoms with Crippen molar-refractivity contribution in [1.82, 2.24) is 9.97 Å². The van der Waals surface area contributed by atoms with Gasteiger partial charge in [0.1, 0.15) is 17.1 Å². The van der Waals surface area contributed by atoms with Crippen LogP contribution in [0.2, 0.25) is 0 Å². The van der Waals surface area contributed by atoms with Gasteiger partial charge in [0.15, 0.2) is 0 Å². The number of methoxy groups -OCH3 is 1. The highest BCUT2D eigenvalue weighted by Crippen LogP contribution is 2.35. The van der Waals surface area contributed by atoms with Crippen LogP contribution in [0.15, 0.2) is 36.7 Å². The highest BCUT2D eigenvalue weighted by atomic mass is 19.1. The van der Waals surface area contributed by atoms with Crippen molar-refractivity contribution < 1.29 is 14.2 Å². The molecule has 2 aromatic rings. The van der Waals surface area contributed by atoms with Crippen LogP contribution in [0.5, 0.6) is 5.88 Å². The molecule has 1 unspecified atom stereocenters. The summed E-state index contributed by atoms with van der Waals surface area (Å²) < 4.78 is 18.5. The molecule has 0 aliphatic carbocycles. The number of benzene rings is 1. The average Bonchev–Trinajstić information content (AvgIpc) is 2.46. The van der Waals surface area contributed by atoms with Crippen molar-refractivity contribution in [3.05, 3.63) is 53.7 Å². The molecule has 1 aromatic heterocycles. The summed E-state index contributed by atoms with van der Waals surface area (Å²) in [5.41, 5.74) is -0.721. The molecule has 0 amide bonds. The highest BCUT2D eigenvalue weighted by Gasteiger charge is 2.35. The first kappa shape index (κ1) is 13.4. The van der Waals surface area contributed by atoms with Crippen molar-refractivity contribution >= 4 is 0 Å². The van der Waals surface area contributed by atoms with Crippen molar-refractivity contribution in [2.45, 2.75) is 18.9 Å². The molecule has 0 spiro atoms. The SMILES string of the molecule is CCC(O)(c1cccc(F)c1)c1nccnc1OC. The number of halogens is 1. The molecule has 1 aromatic carbocycles. The van der Waals surface area contributed by atoms with Gasteiger partial charge in [0, 0.05) is 12.4 Å². The van der Waals surface area contributed by atoms with Crippen molar-refractivity contribution in [2.75, 3.05) is 7.11 Å². The summed E-state index contributed by atoms with van der Waals surface area (Å²) in [5.74, 6) is -0.177. The fourth-order valence-electron chi connectivity index (χ4n) is 2.01. The molecular weight excluding hydrogens is 247 g/mol. The fraction of sp³-hybridized carbons (Fsp3) is 0.286. The summed E-state index contributed by atoms with van der Waals surface area (Å²) in [6.45, 7) is 1.79. The maximum atomic E-state index is 13.4. The van der Waals surface area contributed by atoms with E-state index in [-0.39, 0.29) is 11.6 Å². The van der Waals surface area contributed by atoms with E-state index in [0.717, 1.165) is 0 Å². The zero-order valence-corrected chi connectivity index (χ0v) is 10.8. The second-order valence-electron chi connectivity index (χ2n) is 4.14. The third-order valence-electron chi connectivity index (χ3n) is 3.06. The first-order valence-corrected chi connectivity index (χ1v) is 5.95. The summed E-state index contributed by atoms with van der Waals surface area (Å²) >= 11 is 0. The van der Waals surface area contributed by atoms with Crippen LogP contribution in [-0.4, -0.2) is 22.2 Å². The van der Waals surface area contributed by atoms with Gasteiger partial charge >= 0.3 is 0 Å². The van der Waals surface area contributed by atoms with E-state index in [1.807, 2.05) is 0 Å². The van der Waals surface area contributed by atoms with Gasteiger partial charge in [-0.1, -0.05) is 19.1 Å². The van der Waals surface area contributed by atoms with Crippen LogP contribution in [0.1, 0.15) is 24.6 Å². The maximum Gasteiger partial charge on any atom is 0.238 e. The van der Waals surface area contributed by atoms with Crippen molar-refractivity contribution in [1.29, 1.82) is 0 Å². The minimum Gasteiger partial charge on any atom is -0.480 e. The maximum absolute atomic E-state index is 13.4. The predicted molar refractivity (Wildman–Crippen MR) is 68.3 cm³/mol. The molecule has 0 aliphatic rings. The second-order valence-corrected chi connectivity index (χ2v) is 4.14. The molecule has 0 aliphatic heterocycles. The Kier molecular flexibility index (Phi) is 3.76. The molecule has 2 rings (SSSR count). The lowest BCUT2D eigenvalue weighted by Crippen LogP contribution is -2.28. The normalized spacial score (nSPS) is 13.9. The first-order valence-electron chi connectivity index (χ1n) is 5.95. The van der Waals surface area contributed by atoms with E-state index in [4.69, 9.17) is 4.74 Å². The Morgan fingerprint density at radius 2 is 2.05 bits per heavy atom. The Morgan fingerprint density at radius 3 is 2.68 bits per heavy atom. The number of ether oxygens (including phenoxy) is 1. The number of aromatic nitrogens is 2. The Morgan fingerprint density at radius 1 is 1.32 bits per heavy atom. The first-order chi connectivity index (χ1) is 9.11. The van der Waals surface area contributed by atoms with Gasteiger partial charge in [-0.25, -0.2) is 9.37 Å². The summed E-state index contributed by atoms with van der Waals surface area (Å²) in [6.07, 6.45) is 3.27. The van der Waals surface area contributed by atoms with Crippen LogP contribution in [0.25, 0.3) is 0 Å². The second kappa shape index (κ2) is 5.32. The standard InChI is InChI=1S/C14H15FN2O2/c1-3-14(18,10-5-4-6-11(15)9-10)12-13(19-2)17-8-7-16-12/h4-9,18H,3H2,1-2H3. The third kappa shape index (κ3) is 2.42. The smallest absolute Gasteiger partial charge is 0.238 e. The van der Waals surface area contributed by atoms with E-state index < -0.39 is 11.4 Å². The van der Waals surface area contributed by atoms with Crippen LogP contribution >= 0.6 is 0 Å². The minimum atomic E-state index is -1.43. The third-order valence-corrected chi connectivity index (χ3v) is 3.06. The quantitative estimate of drug-likeness (QED) is 0.918. The monoisotopic (exact) mass is 262 g/mol. The van der Waals surface area contributed by atoms with E-state index in [2.05, 4.69) is 9.97 Å². The van der Waals surface area contributed by atoms with Crippen molar-refractivity contribution in [3.8, 4) is 5.88 Å². The summed E-state index contributed by atoms with van der Waals surface area (Å²) in [5, 5.41) is 10.8. The van der Waals surface area contributed by atoms with E-state index in [0.29, 0.717) is 12.0 Å². The Labute approximate surface area is 110 Å². The van der Waals surface area contributed by atoms with Crippen LogP contribution in [0.4, 0.5) is 4.39 Å². The van der Waals surface area contributed by atoms with E-state index >= 15 is 0 Å². The molecular formula is C14H15FN2O2. The van der Waals surface area contributed by atoms with Crippen LogP contribution in [0.3, 0.4) is 0 Å². The lowest BCUT2D eigenvalue weighted by Gasteiger charge is -2.27. The molecule has 0 radical (unpaired) electrons. The van der Waals surface area contributed by atoms with Crippen LogP contribution in [-0.2, 0) is 5.60 Å². The molecule has 1 atom stereocenters. The van der Waals surface area contributed by atoms with Gasteiger partial charge in [-0.05, 0) is 24.1 Å². The number of hydrogen-bond donors (Lipinski definition) is 1. The molecule has 1 heterocycles. The Hall–Kier alpha value is -2.01. The summed E-state index contributed by atoms with van der Waals surface area (Å²) in [6, 6.07) is 5.82. The van der Waals surface area contributed by atoms with E-state index in [1.165, 1.54) is 31.6 Å². The van der Waals surface area contributed by atoms with Gasteiger partial charge in [0.05, 0.1) is 7.11 Å². The molecule has 0 fully saturated rings. The molecule has 0 saturated carbocycles. The van der Waals surface area contributed by atoms with Gasteiger partial charge in [-0.2, -0.15) is 0 Å². The van der Waals surface area contributed by atoms with E-state index in [1.54, 1.807) is 19.1 Å². The topological polar surface area (TPSA) is 55.2 Å². The molecule has 19 heavy (non-hydrogen) atoms. The zero-order valence-electron chi connectivity index (χ0n) is 10.8. The molecule has 0 bridgehead atoms. The summed E-state index contributed by atoms with van der Waals surface area (Å²) in [4.78, 5) is 8.16. The fourth-order valence-corrected chi connectivity index (χ4v) is 2.01. The predicted octanol–water partition coefficient (Wildman–Crippen LogP) is 2.27. The molecule has 100 valence electrons. The largest absolute Gasteiger partial charge is 0.480 e. The van der Waals surface area contributed by atoms with Crippen LogP contribution in [0, 0.1) is 5.82 Å². The molecule has 4 nitrogen and oxygen atoms in total. The summed E-state index contributed by atoms with van der Waals surface area (Å²) in [7, 11) is 1.45. The molecule has 5 heteroatoms. The van der Waals surface area contributed by atoms with E-state index in [9.17, 15) is 9.50 Å². The number of aliphatic hydroxyl groups is 1. The molecule has 0 saturated heterocycles. The lowest BCUT2D eigenvalue weighted by atomic mass is 9.87. The Balaban J connectivity index is 2.59. The lowest BCUT2D eigenvalue weighted by molar-refractivity contribution is 0.0676. The highest BCUT2D eigenvalue weighted by molar-refractivity contribution is 5.36. The van der Waals surface area contributed by atoms with Gasteiger partial charge < -0.3 is 9.84 Å². The number of hydrogen-bond acceptors (Lipinski definition) is 4. The molecule has 1 N–H and O–H groups in total. The average molecular weight is 262 g/mol.